The van der Waals surface area contributed by atoms with E-state index in [1.807, 2.05) is 0 Å². The van der Waals surface area contributed by atoms with Crippen molar-refractivity contribution >= 4 is 11.9 Å². The molecule has 2 heterocycles. The Morgan fingerprint density at radius 1 is 1.03 bits per heavy atom. The van der Waals surface area contributed by atoms with Gasteiger partial charge in [-0.1, -0.05) is 0 Å². The maximum absolute atomic E-state index is 14.8. The molecule has 0 saturated carbocycles. The topological polar surface area (TPSA) is 125 Å². The fourth-order valence-electron chi connectivity index (χ4n) is 2.83. The summed E-state index contributed by atoms with van der Waals surface area (Å²) >= 11 is 0. The summed E-state index contributed by atoms with van der Waals surface area (Å²) in [6, 6.07) is 2.85. The second-order valence-corrected chi connectivity index (χ2v) is 6.17. The Hall–Kier alpha value is -3.70. The summed E-state index contributed by atoms with van der Waals surface area (Å²) in [5.41, 5.74) is -1.86. The van der Waals surface area contributed by atoms with Crippen LogP contribution in [0.1, 0.15) is 18.4 Å². The summed E-state index contributed by atoms with van der Waals surface area (Å²) in [6.45, 7) is -0.373. The van der Waals surface area contributed by atoms with Crippen LogP contribution in [-0.4, -0.2) is 46.6 Å². The zero-order valence-electron chi connectivity index (χ0n) is 15.0. The number of ether oxygens (including phenoxy) is 1. The minimum absolute atomic E-state index is 0.131. The van der Waals surface area contributed by atoms with Crippen molar-refractivity contribution in [2.75, 3.05) is 0 Å². The maximum atomic E-state index is 14.8. The minimum atomic E-state index is -1.73. The molecule has 0 radical (unpaired) electrons. The quantitative estimate of drug-likeness (QED) is 0.525. The molecule has 0 aliphatic carbocycles. The van der Waals surface area contributed by atoms with Crippen LogP contribution in [0.2, 0.25) is 0 Å². The first-order valence-electron chi connectivity index (χ1n) is 8.42. The summed E-state index contributed by atoms with van der Waals surface area (Å²) in [5.74, 6) is -3.82. The highest BCUT2D eigenvalue weighted by Gasteiger charge is 2.41. The predicted molar refractivity (Wildman–Crippen MR) is 91.0 cm³/mol. The highest BCUT2D eigenvalue weighted by atomic mass is 19.1. The smallest absolute Gasteiger partial charge is 0.307 e. The molecule has 0 amide bonds. The van der Waals surface area contributed by atoms with Crippen molar-refractivity contribution in [3.63, 3.8) is 0 Å². The van der Waals surface area contributed by atoms with E-state index in [2.05, 4.69) is 20.2 Å². The number of carboxylic acid groups (broad SMARTS) is 1. The maximum Gasteiger partial charge on any atom is 0.307 e. The molecular formula is C17H16F2N6O4. The minimum Gasteiger partial charge on any atom is -0.481 e. The molecule has 0 spiro atoms. The van der Waals surface area contributed by atoms with Gasteiger partial charge in [0.25, 0.3) is 0 Å². The first kappa shape index (κ1) is 20.0. The van der Waals surface area contributed by atoms with Gasteiger partial charge in [-0.2, -0.15) is 10.2 Å². The van der Waals surface area contributed by atoms with Crippen molar-refractivity contribution in [1.82, 2.24) is 29.5 Å². The van der Waals surface area contributed by atoms with Gasteiger partial charge >= 0.3 is 11.9 Å². The van der Waals surface area contributed by atoms with Gasteiger partial charge in [0, 0.05) is 11.6 Å². The largest absolute Gasteiger partial charge is 0.481 e. The van der Waals surface area contributed by atoms with Crippen LogP contribution in [0.5, 0.6) is 0 Å². The molecular weight excluding hydrogens is 390 g/mol. The van der Waals surface area contributed by atoms with E-state index >= 15 is 0 Å². The van der Waals surface area contributed by atoms with E-state index in [-0.39, 0.29) is 18.7 Å². The first-order chi connectivity index (χ1) is 13.9. The molecule has 0 aliphatic rings. The SMILES string of the molecule is O=C(O)CCC(=O)OC(Cn1cncn1)(Cn1cncn1)c1ccc(F)cc1F. The van der Waals surface area contributed by atoms with Crippen molar-refractivity contribution in [2.45, 2.75) is 31.5 Å². The van der Waals surface area contributed by atoms with Crippen LogP contribution in [0.4, 0.5) is 8.78 Å². The molecule has 10 nitrogen and oxygen atoms in total. The van der Waals surface area contributed by atoms with E-state index in [1.165, 1.54) is 34.7 Å². The summed E-state index contributed by atoms with van der Waals surface area (Å²) < 4.78 is 36.5. The van der Waals surface area contributed by atoms with Crippen molar-refractivity contribution in [1.29, 1.82) is 0 Å². The number of esters is 1. The predicted octanol–water partition coefficient (Wildman–Crippen LogP) is 1.15. The highest BCUT2D eigenvalue weighted by Crippen LogP contribution is 2.33. The second-order valence-electron chi connectivity index (χ2n) is 6.17. The number of rotatable bonds is 9. The lowest BCUT2D eigenvalue weighted by molar-refractivity contribution is -0.167. The zero-order chi connectivity index (χ0) is 20.9. The Bertz CT molecular complexity index is 942. The van der Waals surface area contributed by atoms with Crippen molar-refractivity contribution in [3.05, 3.63) is 60.7 Å². The van der Waals surface area contributed by atoms with Gasteiger partial charge in [-0.25, -0.2) is 28.1 Å². The van der Waals surface area contributed by atoms with Crippen LogP contribution in [0.25, 0.3) is 0 Å². The molecule has 29 heavy (non-hydrogen) atoms. The van der Waals surface area contributed by atoms with Crippen molar-refractivity contribution < 1.29 is 28.2 Å². The van der Waals surface area contributed by atoms with Gasteiger partial charge in [0.2, 0.25) is 0 Å². The van der Waals surface area contributed by atoms with Gasteiger partial charge in [0.15, 0.2) is 5.60 Å². The molecule has 0 saturated heterocycles. The number of halogens is 2. The van der Waals surface area contributed by atoms with E-state index in [0.717, 1.165) is 12.1 Å². The Morgan fingerprint density at radius 2 is 1.66 bits per heavy atom. The highest BCUT2D eigenvalue weighted by molar-refractivity contribution is 5.76. The molecule has 3 aromatic rings. The summed E-state index contributed by atoms with van der Waals surface area (Å²) in [4.78, 5) is 30.8. The number of carbonyl (C=O) groups is 2. The molecule has 3 rings (SSSR count). The molecule has 1 N–H and O–H groups in total. The van der Waals surface area contributed by atoms with Crippen LogP contribution in [-0.2, 0) is 33.0 Å². The van der Waals surface area contributed by atoms with E-state index in [4.69, 9.17) is 9.84 Å². The lowest BCUT2D eigenvalue weighted by atomic mass is 9.92. The number of benzene rings is 1. The number of aromatic nitrogens is 6. The van der Waals surface area contributed by atoms with Crippen LogP contribution in [0.3, 0.4) is 0 Å². The van der Waals surface area contributed by atoms with E-state index in [9.17, 15) is 18.4 Å². The standard InChI is InChI=1S/C17H16F2N6O4/c18-12-1-2-13(14(19)5-12)17(6-24-10-20-8-22-24,7-25-11-21-9-23-25)29-16(28)4-3-15(26)27/h1-2,5,8-11H,3-4,6-7H2,(H,26,27). The molecule has 0 bridgehead atoms. The molecule has 12 heteroatoms. The average molecular weight is 406 g/mol. The lowest BCUT2D eigenvalue weighted by Gasteiger charge is -2.34. The number of hydrogen-bond donors (Lipinski definition) is 1. The second kappa shape index (κ2) is 8.54. The summed E-state index contributed by atoms with van der Waals surface area (Å²) in [6.07, 6.45) is 4.26. The molecule has 0 unspecified atom stereocenters. The Labute approximate surface area is 162 Å². The normalized spacial score (nSPS) is 11.4. The summed E-state index contributed by atoms with van der Waals surface area (Å²) in [5, 5.41) is 16.7. The Morgan fingerprint density at radius 3 is 2.14 bits per heavy atom. The van der Waals surface area contributed by atoms with Crippen molar-refractivity contribution in [3.8, 4) is 0 Å². The van der Waals surface area contributed by atoms with Gasteiger partial charge in [-0.15, -0.1) is 0 Å². The number of aliphatic carboxylic acids is 1. The number of carbonyl (C=O) groups excluding carboxylic acids is 1. The van der Waals surface area contributed by atoms with Crippen LogP contribution < -0.4 is 0 Å². The summed E-state index contributed by atoms with van der Waals surface area (Å²) in [7, 11) is 0. The molecule has 0 aliphatic heterocycles. The third-order valence-electron chi connectivity index (χ3n) is 4.04. The van der Waals surface area contributed by atoms with Gasteiger partial charge in [0.1, 0.15) is 36.9 Å². The lowest BCUT2D eigenvalue weighted by Crippen LogP contribution is -2.42. The van der Waals surface area contributed by atoms with Gasteiger partial charge < -0.3 is 9.84 Å². The molecule has 0 fully saturated rings. The van der Waals surface area contributed by atoms with Crippen LogP contribution >= 0.6 is 0 Å². The fourth-order valence-corrected chi connectivity index (χ4v) is 2.83. The number of nitrogens with zero attached hydrogens (tertiary/aromatic N) is 6. The third-order valence-corrected chi connectivity index (χ3v) is 4.04. The van der Waals surface area contributed by atoms with Crippen LogP contribution in [0.15, 0.2) is 43.5 Å². The first-order valence-corrected chi connectivity index (χ1v) is 8.42. The monoisotopic (exact) mass is 406 g/mol. The van der Waals surface area contributed by atoms with E-state index in [1.54, 1.807) is 0 Å². The number of carboxylic acids is 1. The third kappa shape index (κ3) is 4.97. The number of hydrogen-bond acceptors (Lipinski definition) is 7. The van der Waals surface area contributed by atoms with Crippen LogP contribution in [0, 0.1) is 11.6 Å². The van der Waals surface area contributed by atoms with E-state index in [0.29, 0.717) is 6.07 Å². The fraction of sp³-hybridized carbons (Fsp3) is 0.294. The van der Waals surface area contributed by atoms with Crippen molar-refractivity contribution in [2.24, 2.45) is 0 Å². The van der Waals surface area contributed by atoms with Gasteiger partial charge in [-0.05, 0) is 12.1 Å². The Balaban J connectivity index is 2.06. The average Bonchev–Trinajstić information content (AvgIpc) is 3.34. The molecule has 152 valence electrons. The van der Waals surface area contributed by atoms with E-state index < -0.39 is 42.0 Å². The molecule has 0 atom stereocenters. The molecule has 1 aromatic carbocycles. The van der Waals surface area contributed by atoms with Gasteiger partial charge in [0.05, 0.1) is 25.9 Å². The molecule has 2 aromatic heterocycles. The Kier molecular flexibility index (Phi) is 5.90. The van der Waals surface area contributed by atoms with Gasteiger partial charge in [-0.3, -0.25) is 9.59 Å². The zero-order valence-corrected chi connectivity index (χ0v) is 15.0.